The Hall–Kier alpha value is -4.07. The van der Waals surface area contributed by atoms with Gasteiger partial charge in [0.1, 0.15) is 12.6 Å². The molecule has 0 bridgehead atoms. The minimum atomic E-state index is -1.19. The highest BCUT2D eigenvalue weighted by atomic mass is 16.5. The van der Waals surface area contributed by atoms with Gasteiger partial charge in [0.05, 0.1) is 12.0 Å². The van der Waals surface area contributed by atoms with Crippen LogP contribution in [0.2, 0.25) is 0 Å². The summed E-state index contributed by atoms with van der Waals surface area (Å²) in [5.74, 6) is -2.25. The standard InChI is InChI=1S/C23H20N2O6/c1-13(22(27)28)24-21(26)20-19(10-11-30-20)25-23(29)31-12-18-16-8-4-2-6-14(16)15-7-3-5-9-17(15)18/h2-11,13,18H,12H2,1H3,(H,24,26)(H,25,29)(H,27,28)/t13-/m1/s1. The Morgan fingerprint density at radius 1 is 1.03 bits per heavy atom. The van der Waals surface area contributed by atoms with E-state index in [0.717, 1.165) is 22.3 Å². The van der Waals surface area contributed by atoms with E-state index in [-0.39, 0.29) is 24.0 Å². The van der Waals surface area contributed by atoms with Gasteiger partial charge in [0.25, 0.3) is 5.91 Å². The van der Waals surface area contributed by atoms with Crippen molar-refractivity contribution in [2.75, 3.05) is 11.9 Å². The van der Waals surface area contributed by atoms with E-state index in [1.807, 2.05) is 48.5 Å². The molecule has 0 aliphatic heterocycles. The van der Waals surface area contributed by atoms with Gasteiger partial charge in [0, 0.05) is 12.0 Å². The van der Waals surface area contributed by atoms with Gasteiger partial charge in [-0.25, -0.2) is 4.79 Å². The molecule has 1 aliphatic rings. The number of amides is 2. The summed E-state index contributed by atoms with van der Waals surface area (Å²) in [5.41, 5.74) is 4.50. The van der Waals surface area contributed by atoms with Crippen LogP contribution < -0.4 is 10.6 Å². The van der Waals surface area contributed by atoms with Crippen LogP contribution in [0.15, 0.2) is 65.3 Å². The summed E-state index contributed by atoms with van der Waals surface area (Å²) in [6.45, 7) is 1.44. The Morgan fingerprint density at radius 2 is 1.65 bits per heavy atom. The fourth-order valence-corrected chi connectivity index (χ4v) is 3.65. The van der Waals surface area contributed by atoms with Crippen LogP contribution in [0.3, 0.4) is 0 Å². The van der Waals surface area contributed by atoms with Crippen molar-refractivity contribution >= 4 is 23.7 Å². The van der Waals surface area contributed by atoms with E-state index in [1.165, 1.54) is 19.3 Å². The molecule has 0 fully saturated rings. The molecule has 0 spiro atoms. The highest BCUT2D eigenvalue weighted by molar-refractivity contribution is 6.01. The van der Waals surface area contributed by atoms with E-state index in [0.29, 0.717) is 0 Å². The highest BCUT2D eigenvalue weighted by Gasteiger charge is 2.29. The largest absolute Gasteiger partial charge is 0.480 e. The van der Waals surface area contributed by atoms with Crippen LogP contribution in [0.4, 0.5) is 10.5 Å². The van der Waals surface area contributed by atoms with Gasteiger partial charge in [-0.2, -0.15) is 0 Å². The topological polar surface area (TPSA) is 118 Å². The summed E-state index contributed by atoms with van der Waals surface area (Å²) >= 11 is 0. The molecule has 0 saturated carbocycles. The molecule has 2 amide bonds. The molecule has 8 nitrogen and oxygen atoms in total. The smallest absolute Gasteiger partial charge is 0.411 e. The van der Waals surface area contributed by atoms with Crippen molar-refractivity contribution in [2.24, 2.45) is 0 Å². The molecular formula is C23H20N2O6. The Kier molecular flexibility index (Phi) is 5.44. The highest BCUT2D eigenvalue weighted by Crippen LogP contribution is 2.44. The van der Waals surface area contributed by atoms with Crippen LogP contribution >= 0.6 is 0 Å². The first-order chi connectivity index (χ1) is 15.0. The number of fused-ring (bicyclic) bond motifs is 3. The number of hydrogen-bond acceptors (Lipinski definition) is 5. The Bertz CT molecular complexity index is 1110. The average molecular weight is 420 g/mol. The number of rotatable bonds is 6. The number of aliphatic carboxylic acids is 1. The molecule has 3 aromatic rings. The number of hydrogen-bond donors (Lipinski definition) is 3. The lowest BCUT2D eigenvalue weighted by atomic mass is 9.98. The molecule has 2 aromatic carbocycles. The first-order valence-corrected chi connectivity index (χ1v) is 9.69. The second-order valence-electron chi connectivity index (χ2n) is 7.15. The van der Waals surface area contributed by atoms with E-state index in [1.54, 1.807) is 0 Å². The zero-order valence-electron chi connectivity index (χ0n) is 16.6. The molecule has 4 rings (SSSR count). The molecule has 0 saturated heterocycles. The van der Waals surface area contributed by atoms with Crippen LogP contribution in [0.5, 0.6) is 0 Å². The van der Waals surface area contributed by atoms with E-state index in [2.05, 4.69) is 10.6 Å². The fraction of sp³-hybridized carbons (Fsp3) is 0.174. The summed E-state index contributed by atoms with van der Waals surface area (Å²) in [5, 5.41) is 13.7. The fourth-order valence-electron chi connectivity index (χ4n) is 3.65. The maximum Gasteiger partial charge on any atom is 0.411 e. The van der Waals surface area contributed by atoms with E-state index in [4.69, 9.17) is 14.3 Å². The van der Waals surface area contributed by atoms with Crippen molar-refractivity contribution in [3.63, 3.8) is 0 Å². The molecular weight excluding hydrogens is 400 g/mol. The first-order valence-electron chi connectivity index (χ1n) is 9.69. The van der Waals surface area contributed by atoms with Gasteiger partial charge in [0.15, 0.2) is 0 Å². The van der Waals surface area contributed by atoms with Crippen molar-refractivity contribution in [1.82, 2.24) is 5.32 Å². The van der Waals surface area contributed by atoms with Gasteiger partial charge in [-0.15, -0.1) is 0 Å². The third kappa shape index (κ3) is 4.00. The third-order valence-corrected chi connectivity index (χ3v) is 5.17. The summed E-state index contributed by atoms with van der Waals surface area (Å²) in [6.07, 6.45) is 0.475. The number of carboxylic acids is 1. The van der Waals surface area contributed by atoms with Crippen molar-refractivity contribution in [3.05, 3.63) is 77.7 Å². The van der Waals surface area contributed by atoms with E-state index in [9.17, 15) is 14.4 Å². The number of carboxylic acid groups (broad SMARTS) is 1. The maximum absolute atomic E-state index is 12.4. The van der Waals surface area contributed by atoms with Gasteiger partial charge in [0.2, 0.25) is 5.76 Å². The lowest BCUT2D eigenvalue weighted by Gasteiger charge is -2.14. The van der Waals surface area contributed by atoms with Crippen LogP contribution in [-0.4, -0.2) is 35.7 Å². The average Bonchev–Trinajstić information content (AvgIpc) is 3.34. The molecule has 1 heterocycles. The van der Waals surface area contributed by atoms with Crippen LogP contribution in [0, 0.1) is 0 Å². The predicted octanol–water partition coefficient (Wildman–Crippen LogP) is 3.84. The molecule has 1 aromatic heterocycles. The maximum atomic E-state index is 12.4. The van der Waals surface area contributed by atoms with Gasteiger partial charge in [-0.05, 0) is 29.2 Å². The predicted molar refractivity (Wildman–Crippen MR) is 112 cm³/mol. The zero-order chi connectivity index (χ0) is 22.0. The second-order valence-corrected chi connectivity index (χ2v) is 7.15. The normalized spacial score (nSPS) is 13.1. The quantitative estimate of drug-likeness (QED) is 0.558. The molecule has 1 aliphatic carbocycles. The van der Waals surface area contributed by atoms with E-state index < -0.39 is 24.0 Å². The monoisotopic (exact) mass is 420 g/mol. The summed E-state index contributed by atoms with van der Waals surface area (Å²) < 4.78 is 10.6. The van der Waals surface area contributed by atoms with Crippen molar-refractivity contribution in [1.29, 1.82) is 0 Å². The summed E-state index contributed by atoms with van der Waals surface area (Å²) in [6, 6.07) is 16.3. The summed E-state index contributed by atoms with van der Waals surface area (Å²) in [4.78, 5) is 35.5. The molecule has 3 N–H and O–H groups in total. The Labute approximate surface area is 177 Å². The van der Waals surface area contributed by atoms with Gasteiger partial charge < -0.3 is 19.6 Å². The lowest BCUT2D eigenvalue weighted by molar-refractivity contribution is -0.138. The number of benzene rings is 2. The van der Waals surface area contributed by atoms with Gasteiger partial charge >= 0.3 is 12.1 Å². The van der Waals surface area contributed by atoms with Crippen molar-refractivity contribution in [3.8, 4) is 11.1 Å². The molecule has 0 radical (unpaired) electrons. The summed E-state index contributed by atoms with van der Waals surface area (Å²) in [7, 11) is 0. The van der Waals surface area contributed by atoms with Crippen molar-refractivity contribution < 1.29 is 28.6 Å². The number of carbonyl (C=O) groups excluding carboxylic acids is 2. The molecule has 158 valence electrons. The first kappa shape index (κ1) is 20.2. The third-order valence-electron chi connectivity index (χ3n) is 5.17. The van der Waals surface area contributed by atoms with Crippen LogP contribution in [0.25, 0.3) is 11.1 Å². The second kappa shape index (κ2) is 8.35. The van der Waals surface area contributed by atoms with Crippen LogP contribution in [-0.2, 0) is 9.53 Å². The molecule has 0 unspecified atom stereocenters. The molecule has 1 atom stereocenters. The minimum Gasteiger partial charge on any atom is -0.480 e. The zero-order valence-corrected chi connectivity index (χ0v) is 16.6. The number of anilines is 1. The number of nitrogens with one attached hydrogen (secondary N) is 2. The van der Waals surface area contributed by atoms with Crippen LogP contribution in [0.1, 0.15) is 34.5 Å². The molecule has 31 heavy (non-hydrogen) atoms. The number of ether oxygens (including phenoxy) is 1. The Morgan fingerprint density at radius 3 is 2.26 bits per heavy atom. The number of furan rings is 1. The Balaban J connectivity index is 1.43. The van der Waals surface area contributed by atoms with Gasteiger partial charge in [-0.1, -0.05) is 48.5 Å². The van der Waals surface area contributed by atoms with E-state index >= 15 is 0 Å². The number of carbonyl (C=O) groups is 3. The molecule has 8 heteroatoms. The lowest BCUT2D eigenvalue weighted by Crippen LogP contribution is -2.38. The minimum absolute atomic E-state index is 0.0901. The van der Waals surface area contributed by atoms with Crippen molar-refractivity contribution in [2.45, 2.75) is 18.9 Å². The SMILES string of the molecule is C[C@@H](NC(=O)c1occc1NC(=O)OCC1c2ccccc2-c2ccccc21)C(=O)O. The van der Waals surface area contributed by atoms with Gasteiger partial charge in [-0.3, -0.25) is 14.9 Å².